The van der Waals surface area contributed by atoms with Crippen molar-refractivity contribution in [3.63, 3.8) is 0 Å². The third-order valence-corrected chi connectivity index (χ3v) is 4.06. The molecule has 1 aromatic carbocycles. The molecule has 1 aliphatic rings. The number of likely N-dealkylation sites (tertiary alicyclic amines) is 1. The third-order valence-electron chi connectivity index (χ3n) is 4.06. The summed E-state index contributed by atoms with van der Waals surface area (Å²) >= 11 is 0. The molecule has 1 atom stereocenters. The molecule has 1 aliphatic heterocycles. The third kappa shape index (κ3) is 2.10. The quantitative estimate of drug-likeness (QED) is 0.781. The molecule has 1 saturated heterocycles. The number of nitrogen functional groups attached to an aromatic ring is 1. The lowest BCUT2D eigenvalue weighted by Crippen LogP contribution is -2.19. The normalized spacial score (nSPS) is 22.2. The first-order valence-electron chi connectivity index (χ1n) is 6.78. The molecule has 2 N–H and O–H groups in total. The molecule has 1 aromatic heterocycles. The van der Waals surface area contributed by atoms with E-state index in [1.807, 2.05) is 6.07 Å². The van der Waals surface area contributed by atoms with E-state index >= 15 is 0 Å². The average molecular weight is 243 g/mol. The van der Waals surface area contributed by atoms with Crippen LogP contribution in [-0.4, -0.2) is 29.6 Å². The van der Waals surface area contributed by atoms with Gasteiger partial charge in [-0.25, -0.2) is 0 Å². The standard InChI is InChI=1S/C15H21N3/c1-17-8-2-3-14(7-9-17)18-10-6-12-11-13(16)4-5-15(12)18/h4-6,10-11,14H,2-3,7-9,16H2,1H3. The lowest BCUT2D eigenvalue weighted by Gasteiger charge is -2.18. The highest BCUT2D eigenvalue weighted by atomic mass is 15.1. The molecule has 0 amide bonds. The van der Waals surface area contributed by atoms with Crippen molar-refractivity contribution in [1.82, 2.24) is 9.47 Å². The minimum absolute atomic E-state index is 0.635. The second kappa shape index (κ2) is 4.65. The van der Waals surface area contributed by atoms with Crippen LogP contribution in [0.2, 0.25) is 0 Å². The van der Waals surface area contributed by atoms with Crippen LogP contribution in [0.1, 0.15) is 25.3 Å². The van der Waals surface area contributed by atoms with Crippen molar-refractivity contribution >= 4 is 16.6 Å². The van der Waals surface area contributed by atoms with Gasteiger partial charge in [0.15, 0.2) is 0 Å². The van der Waals surface area contributed by atoms with Crippen molar-refractivity contribution < 1.29 is 0 Å². The second-order valence-corrected chi connectivity index (χ2v) is 5.43. The summed E-state index contributed by atoms with van der Waals surface area (Å²) in [5.41, 5.74) is 8.01. The number of benzene rings is 1. The molecule has 0 aliphatic carbocycles. The molecule has 0 saturated carbocycles. The van der Waals surface area contributed by atoms with E-state index in [1.54, 1.807) is 0 Å². The van der Waals surface area contributed by atoms with Crippen molar-refractivity contribution in [2.24, 2.45) is 0 Å². The Morgan fingerprint density at radius 2 is 2.06 bits per heavy atom. The first-order chi connectivity index (χ1) is 8.74. The topological polar surface area (TPSA) is 34.2 Å². The van der Waals surface area contributed by atoms with E-state index in [1.165, 1.54) is 43.3 Å². The van der Waals surface area contributed by atoms with Gasteiger partial charge < -0.3 is 15.2 Å². The molecule has 1 unspecified atom stereocenters. The summed E-state index contributed by atoms with van der Waals surface area (Å²) < 4.78 is 2.44. The Hall–Kier alpha value is -1.48. The van der Waals surface area contributed by atoms with Crippen molar-refractivity contribution in [1.29, 1.82) is 0 Å². The van der Waals surface area contributed by atoms with E-state index in [4.69, 9.17) is 5.73 Å². The van der Waals surface area contributed by atoms with Gasteiger partial charge in [-0.3, -0.25) is 0 Å². The Morgan fingerprint density at radius 1 is 1.17 bits per heavy atom. The molecule has 0 radical (unpaired) electrons. The van der Waals surface area contributed by atoms with Gasteiger partial charge in [-0.15, -0.1) is 0 Å². The summed E-state index contributed by atoms with van der Waals surface area (Å²) in [4.78, 5) is 2.43. The van der Waals surface area contributed by atoms with Crippen LogP contribution in [0, 0.1) is 0 Å². The molecule has 2 aromatic rings. The Morgan fingerprint density at radius 3 is 2.94 bits per heavy atom. The summed E-state index contributed by atoms with van der Waals surface area (Å²) in [6.07, 6.45) is 6.03. The zero-order chi connectivity index (χ0) is 12.5. The number of fused-ring (bicyclic) bond motifs is 1. The maximum absolute atomic E-state index is 5.84. The molecule has 2 heterocycles. The fourth-order valence-corrected chi connectivity index (χ4v) is 3.00. The summed E-state index contributed by atoms with van der Waals surface area (Å²) in [5.74, 6) is 0. The summed E-state index contributed by atoms with van der Waals surface area (Å²) in [7, 11) is 2.22. The lowest BCUT2D eigenvalue weighted by atomic mass is 10.1. The highest BCUT2D eigenvalue weighted by Gasteiger charge is 2.17. The maximum Gasteiger partial charge on any atom is 0.0484 e. The predicted molar refractivity (Wildman–Crippen MR) is 76.7 cm³/mol. The Labute approximate surface area is 108 Å². The SMILES string of the molecule is CN1CCCC(n2ccc3cc(N)ccc32)CC1. The van der Waals surface area contributed by atoms with Gasteiger partial charge in [0.25, 0.3) is 0 Å². The lowest BCUT2D eigenvalue weighted by molar-refractivity contribution is 0.342. The smallest absolute Gasteiger partial charge is 0.0484 e. The monoisotopic (exact) mass is 243 g/mol. The van der Waals surface area contributed by atoms with Crippen molar-refractivity contribution in [3.8, 4) is 0 Å². The number of hydrogen-bond donors (Lipinski definition) is 1. The zero-order valence-electron chi connectivity index (χ0n) is 11.0. The number of nitrogens with zero attached hydrogens (tertiary/aromatic N) is 2. The first-order valence-corrected chi connectivity index (χ1v) is 6.78. The molecule has 1 fully saturated rings. The maximum atomic E-state index is 5.84. The minimum atomic E-state index is 0.635. The van der Waals surface area contributed by atoms with Gasteiger partial charge in [0, 0.05) is 28.8 Å². The molecular weight excluding hydrogens is 222 g/mol. The fraction of sp³-hybridized carbons (Fsp3) is 0.467. The van der Waals surface area contributed by atoms with Crippen LogP contribution >= 0.6 is 0 Å². The van der Waals surface area contributed by atoms with Gasteiger partial charge in [0.05, 0.1) is 0 Å². The van der Waals surface area contributed by atoms with Crippen LogP contribution in [0.15, 0.2) is 30.5 Å². The van der Waals surface area contributed by atoms with Crippen LogP contribution in [0.3, 0.4) is 0 Å². The molecule has 0 spiro atoms. The first kappa shape index (κ1) is 11.6. The van der Waals surface area contributed by atoms with E-state index in [9.17, 15) is 0 Å². The fourth-order valence-electron chi connectivity index (χ4n) is 3.00. The van der Waals surface area contributed by atoms with Crippen molar-refractivity contribution in [3.05, 3.63) is 30.5 Å². The number of aromatic nitrogens is 1. The van der Waals surface area contributed by atoms with E-state index in [-0.39, 0.29) is 0 Å². The Bertz CT molecular complexity index is 544. The van der Waals surface area contributed by atoms with Crippen LogP contribution < -0.4 is 5.73 Å². The molecule has 18 heavy (non-hydrogen) atoms. The van der Waals surface area contributed by atoms with Crippen LogP contribution in [0.5, 0.6) is 0 Å². The highest BCUT2D eigenvalue weighted by Crippen LogP contribution is 2.28. The van der Waals surface area contributed by atoms with E-state index in [2.05, 4.69) is 40.9 Å². The average Bonchev–Trinajstić information content (AvgIpc) is 2.64. The van der Waals surface area contributed by atoms with Gasteiger partial charge in [0.2, 0.25) is 0 Å². The van der Waals surface area contributed by atoms with Crippen molar-refractivity contribution in [2.75, 3.05) is 25.9 Å². The molecular formula is C15H21N3. The predicted octanol–water partition coefficient (Wildman–Crippen LogP) is 2.88. The van der Waals surface area contributed by atoms with E-state index in [0.717, 1.165) is 5.69 Å². The van der Waals surface area contributed by atoms with E-state index < -0.39 is 0 Å². The second-order valence-electron chi connectivity index (χ2n) is 5.43. The molecule has 3 nitrogen and oxygen atoms in total. The van der Waals surface area contributed by atoms with Crippen LogP contribution in [0.25, 0.3) is 10.9 Å². The van der Waals surface area contributed by atoms with Crippen molar-refractivity contribution in [2.45, 2.75) is 25.3 Å². The Balaban J connectivity index is 1.93. The number of rotatable bonds is 1. The Kier molecular flexibility index (Phi) is 3.00. The number of hydrogen-bond acceptors (Lipinski definition) is 2. The molecule has 3 rings (SSSR count). The van der Waals surface area contributed by atoms with Crippen LogP contribution in [-0.2, 0) is 0 Å². The highest BCUT2D eigenvalue weighted by molar-refractivity contribution is 5.83. The summed E-state index contributed by atoms with van der Waals surface area (Å²) in [5, 5.41) is 1.26. The summed E-state index contributed by atoms with van der Waals surface area (Å²) in [6, 6.07) is 9.03. The molecule has 0 bridgehead atoms. The molecule has 96 valence electrons. The van der Waals surface area contributed by atoms with Gasteiger partial charge >= 0.3 is 0 Å². The minimum Gasteiger partial charge on any atom is -0.399 e. The number of anilines is 1. The number of nitrogens with two attached hydrogens (primary N) is 1. The van der Waals surface area contributed by atoms with Gasteiger partial charge in [-0.2, -0.15) is 0 Å². The van der Waals surface area contributed by atoms with Crippen LogP contribution in [0.4, 0.5) is 5.69 Å². The van der Waals surface area contributed by atoms with Gasteiger partial charge in [-0.05, 0) is 63.7 Å². The molecule has 3 heteroatoms. The van der Waals surface area contributed by atoms with Gasteiger partial charge in [-0.1, -0.05) is 0 Å². The van der Waals surface area contributed by atoms with Gasteiger partial charge in [0.1, 0.15) is 0 Å². The zero-order valence-corrected chi connectivity index (χ0v) is 11.0. The largest absolute Gasteiger partial charge is 0.399 e. The summed E-state index contributed by atoms with van der Waals surface area (Å²) in [6.45, 7) is 2.42. The van der Waals surface area contributed by atoms with E-state index in [0.29, 0.717) is 6.04 Å².